The van der Waals surface area contributed by atoms with Gasteiger partial charge < -0.3 is 10.2 Å². The number of piperidine rings is 1. The highest BCUT2D eigenvalue weighted by Crippen LogP contribution is 2.30. The molecule has 1 N–H and O–H groups in total. The summed E-state index contributed by atoms with van der Waals surface area (Å²) in [5, 5.41) is 3.42. The van der Waals surface area contributed by atoms with Crippen molar-refractivity contribution in [1.82, 2.24) is 5.32 Å². The number of anilines is 1. The highest BCUT2D eigenvalue weighted by atomic mass is 79.9. The molecule has 0 aliphatic carbocycles. The molecule has 1 saturated heterocycles. The molecule has 1 aromatic carbocycles. The van der Waals surface area contributed by atoms with E-state index in [0.717, 1.165) is 25.9 Å². The summed E-state index contributed by atoms with van der Waals surface area (Å²) < 4.78 is 27.7. The van der Waals surface area contributed by atoms with Crippen LogP contribution in [-0.2, 0) is 0 Å². The fourth-order valence-electron chi connectivity index (χ4n) is 2.74. The summed E-state index contributed by atoms with van der Waals surface area (Å²) in [4.78, 5) is 1.96. The molecule has 2 rings (SSSR count). The van der Waals surface area contributed by atoms with Gasteiger partial charge in [0, 0.05) is 24.7 Å². The summed E-state index contributed by atoms with van der Waals surface area (Å²) in [5.74, 6) is -0.792. The molecule has 2 atom stereocenters. The molecule has 5 heteroatoms. The van der Waals surface area contributed by atoms with Gasteiger partial charge in [-0.3, -0.25) is 0 Å². The van der Waals surface area contributed by atoms with Crippen molar-refractivity contribution in [2.45, 2.75) is 38.8 Å². The lowest BCUT2D eigenvalue weighted by atomic mass is 9.97. The maximum absolute atomic E-state index is 14.0. The van der Waals surface area contributed by atoms with Gasteiger partial charge >= 0.3 is 0 Å². The molecule has 1 aromatic rings. The first-order valence-corrected chi connectivity index (χ1v) is 7.46. The average molecular weight is 333 g/mol. The van der Waals surface area contributed by atoms with Crippen molar-refractivity contribution in [3.8, 4) is 0 Å². The molecule has 1 aliphatic rings. The van der Waals surface area contributed by atoms with Gasteiger partial charge in [0.05, 0.1) is 10.2 Å². The first-order valence-electron chi connectivity index (χ1n) is 6.67. The fraction of sp³-hybridized carbons (Fsp3) is 0.571. The molecule has 19 heavy (non-hydrogen) atoms. The molecule has 106 valence electrons. The summed E-state index contributed by atoms with van der Waals surface area (Å²) in [6, 6.07) is 3.16. The van der Waals surface area contributed by atoms with E-state index in [1.165, 1.54) is 12.1 Å². The SMILES string of the molecule is CCNC1CCN(c2cc(F)c(Br)cc2F)C(C)C1. The molecule has 2 nitrogen and oxygen atoms in total. The van der Waals surface area contributed by atoms with Crippen LogP contribution in [-0.4, -0.2) is 25.2 Å². The number of hydrogen-bond acceptors (Lipinski definition) is 2. The highest BCUT2D eigenvalue weighted by Gasteiger charge is 2.27. The predicted octanol–water partition coefficient (Wildman–Crippen LogP) is 3.69. The van der Waals surface area contributed by atoms with Gasteiger partial charge in [-0.15, -0.1) is 0 Å². The van der Waals surface area contributed by atoms with Crippen molar-refractivity contribution in [1.29, 1.82) is 0 Å². The van der Waals surface area contributed by atoms with Crippen molar-refractivity contribution in [2.75, 3.05) is 18.0 Å². The van der Waals surface area contributed by atoms with Crippen LogP contribution in [0.15, 0.2) is 16.6 Å². The monoisotopic (exact) mass is 332 g/mol. The van der Waals surface area contributed by atoms with E-state index in [1.54, 1.807) is 0 Å². The van der Waals surface area contributed by atoms with E-state index in [0.29, 0.717) is 11.7 Å². The third kappa shape index (κ3) is 3.26. The van der Waals surface area contributed by atoms with Crippen LogP contribution in [0.3, 0.4) is 0 Å². The van der Waals surface area contributed by atoms with Gasteiger partial charge in [0.15, 0.2) is 0 Å². The van der Waals surface area contributed by atoms with Gasteiger partial charge in [-0.05, 0) is 48.3 Å². The largest absolute Gasteiger partial charge is 0.366 e. The smallest absolute Gasteiger partial charge is 0.147 e. The summed E-state index contributed by atoms with van der Waals surface area (Å²) >= 11 is 3.01. The molecule has 1 heterocycles. The van der Waals surface area contributed by atoms with Crippen molar-refractivity contribution >= 4 is 21.6 Å². The summed E-state index contributed by atoms with van der Waals surface area (Å²) in [5.41, 5.74) is 0.364. The van der Waals surface area contributed by atoms with E-state index in [2.05, 4.69) is 35.1 Å². The van der Waals surface area contributed by atoms with Gasteiger partial charge in [-0.25, -0.2) is 8.78 Å². The first-order chi connectivity index (χ1) is 9.02. The maximum atomic E-state index is 14.0. The fourth-order valence-corrected chi connectivity index (χ4v) is 3.05. The van der Waals surface area contributed by atoms with Crippen molar-refractivity contribution in [2.24, 2.45) is 0 Å². The van der Waals surface area contributed by atoms with Crippen LogP contribution in [0, 0.1) is 11.6 Å². The lowest BCUT2D eigenvalue weighted by Crippen LogP contribution is -2.47. The Labute approximate surface area is 121 Å². The van der Waals surface area contributed by atoms with Crippen LogP contribution < -0.4 is 10.2 Å². The van der Waals surface area contributed by atoms with Crippen LogP contribution in [0.5, 0.6) is 0 Å². The van der Waals surface area contributed by atoms with Gasteiger partial charge in [0.1, 0.15) is 11.6 Å². The lowest BCUT2D eigenvalue weighted by molar-refractivity contribution is 0.371. The Morgan fingerprint density at radius 2 is 2.11 bits per heavy atom. The number of benzene rings is 1. The second-order valence-electron chi connectivity index (χ2n) is 5.04. The number of hydrogen-bond donors (Lipinski definition) is 1. The second-order valence-corrected chi connectivity index (χ2v) is 5.89. The van der Waals surface area contributed by atoms with Crippen LogP contribution in [0.2, 0.25) is 0 Å². The van der Waals surface area contributed by atoms with Crippen LogP contribution in [0.4, 0.5) is 14.5 Å². The van der Waals surface area contributed by atoms with Crippen molar-refractivity contribution in [3.63, 3.8) is 0 Å². The molecular weight excluding hydrogens is 314 g/mol. The maximum Gasteiger partial charge on any atom is 0.147 e. The number of halogens is 3. The van der Waals surface area contributed by atoms with E-state index < -0.39 is 5.82 Å². The normalized spacial score (nSPS) is 23.7. The van der Waals surface area contributed by atoms with E-state index in [1.807, 2.05) is 4.90 Å². The lowest BCUT2D eigenvalue weighted by Gasteiger charge is -2.39. The Morgan fingerprint density at radius 3 is 2.74 bits per heavy atom. The minimum atomic E-state index is -0.419. The molecule has 0 radical (unpaired) electrons. The summed E-state index contributed by atoms with van der Waals surface area (Å²) in [6.45, 7) is 5.83. The molecule has 0 saturated carbocycles. The molecule has 1 fully saturated rings. The quantitative estimate of drug-likeness (QED) is 0.849. The molecule has 0 spiro atoms. The van der Waals surface area contributed by atoms with Crippen LogP contribution in [0.1, 0.15) is 26.7 Å². The zero-order chi connectivity index (χ0) is 14.0. The van der Waals surface area contributed by atoms with Crippen molar-refractivity contribution in [3.05, 3.63) is 28.2 Å². The Balaban J connectivity index is 2.17. The Hall–Kier alpha value is -0.680. The number of rotatable bonds is 3. The predicted molar refractivity (Wildman–Crippen MR) is 77.6 cm³/mol. The second kappa shape index (κ2) is 6.18. The van der Waals surface area contributed by atoms with E-state index in [-0.39, 0.29) is 16.3 Å². The van der Waals surface area contributed by atoms with Gasteiger partial charge in [-0.1, -0.05) is 6.92 Å². The third-order valence-corrected chi connectivity index (χ3v) is 4.28. The van der Waals surface area contributed by atoms with Crippen molar-refractivity contribution < 1.29 is 8.78 Å². The average Bonchev–Trinajstić information content (AvgIpc) is 2.35. The van der Waals surface area contributed by atoms with Gasteiger partial charge in [0.2, 0.25) is 0 Å². The van der Waals surface area contributed by atoms with Crippen LogP contribution >= 0.6 is 15.9 Å². The molecule has 0 amide bonds. The molecular formula is C14H19BrF2N2. The van der Waals surface area contributed by atoms with Gasteiger partial charge in [-0.2, -0.15) is 0 Å². The topological polar surface area (TPSA) is 15.3 Å². The minimum Gasteiger partial charge on any atom is -0.366 e. The molecule has 0 aromatic heterocycles. The summed E-state index contributed by atoms with van der Waals surface area (Å²) in [7, 11) is 0. The zero-order valence-corrected chi connectivity index (χ0v) is 12.8. The minimum absolute atomic E-state index is 0.170. The Kier molecular flexibility index (Phi) is 4.79. The Morgan fingerprint density at radius 1 is 1.37 bits per heavy atom. The van der Waals surface area contributed by atoms with E-state index in [4.69, 9.17) is 0 Å². The standard InChI is InChI=1S/C14H19BrF2N2/c1-3-18-10-4-5-19(9(2)6-10)14-8-12(16)11(15)7-13(14)17/h7-10,18H,3-6H2,1-2H3. The molecule has 2 unspecified atom stereocenters. The number of nitrogens with one attached hydrogen (secondary N) is 1. The van der Waals surface area contributed by atoms with E-state index in [9.17, 15) is 8.78 Å². The first kappa shape index (κ1) is 14.7. The highest BCUT2D eigenvalue weighted by molar-refractivity contribution is 9.10. The molecule has 1 aliphatic heterocycles. The third-order valence-electron chi connectivity index (χ3n) is 3.67. The zero-order valence-electron chi connectivity index (χ0n) is 11.2. The van der Waals surface area contributed by atoms with E-state index >= 15 is 0 Å². The Bertz CT molecular complexity index is 453. The molecule has 0 bridgehead atoms. The summed E-state index contributed by atoms with van der Waals surface area (Å²) in [6.07, 6.45) is 1.90. The van der Waals surface area contributed by atoms with Crippen LogP contribution in [0.25, 0.3) is 0 Å². The van der Waals surface area contributed by atoms with Gasteiger partial charge in [0.25, 0.3) is 0 Å². The number of nitrogens with zero attached hydrogens (tertiary/aromatic N) is 1.